The van der Waals surface area contributed by atoms with E-state index in [1.54, 1.807) is 24.4 Å². The number of hydrogen-bond donors (Lipinski definition) is 1. The maximum Gasteiger partial charge on any atom is 0.252 e. The standard InChI is InChI=1S/C18H17FN4O2S2/c1-12-8-14(19)9-15-17(12)22-11-13(10-20)18(15)21-5-6-23(2)27(24,25)16-4-3-7-26-16/h3-4,7-9,11H,5-6H2,1-2H3,(H,21,22). The number of anilines is 1. The van der Waals surface area contributed by atoms with Gasteiger partial charge in [-0.05, 0) is 36.1 Å². The van der Waals surface area contributed by atoms with Gasteiger partial charge in [-0.25, -0.2) is 12.8 Å². The van der Waals surface area contributed by atoms with Crippen LogP contribution in [0.25, 0.3) is 10.9 Å². The van der Waals surface area contributed by atoms with Gasteiger partial charge in [-0.3, -0.25) is 4.98 Å². The SMILES string of the molecule is Cc1cc(F)cc2c(NCCN(C)S(=O)(=O)c3cccs3)c(C#N)cnc12. The number of fused-ring (bicyclic) bond motifs is 1. The maximum atomic E-state index is 13.9. The Morgan fingerprint density at radius 3 is 2.85 bits per heavy atom. The molecule has 0 aliphatic rings. The van der Waals surface area contributed by atoms with Gasteiger partial charge in [-0.1, -0.05) is 6.07 Å². The lowest BCUT2D eigenvalue weighted by atomic mass is 10.1. The summed E-state index contributed by atoms with van der Waals surface area (Å²) < 4.78 is 40.3. The summed E-state index contributed by atoms with van der Waals surface area (Å²) in [6.07, 6.45) is 1.43. The molecule has 2 aromatic heterocycles. The minimum atomic E-state index is -3.55. The molecule has 0 unspecified atom stereocenters. The van der Waals surface area contributed by atoms with Crippen molar-refractivity contribution in [2.75, 3.05) is 25.5 Å². The Morgan fingerprint density at radius 2 is 2.19 bits per heavy atom. The predicted molar refractivity (Wildman–Crippen MR) is 104 cm³/mol. The van der Waals surface area contributed by atoms with E-state index in [2.05, 4.69) is 10.3 Å². The highest BCUT2D eigenvalue weighted by Gasteiger charge is 2.21. The van der Waals surface area contributed by atoms with Crippen molar-refractivity contribution in [1.29, 1.82) is 5.26 Å². The summed E-state index contributed by atoms with van der Waals surface area (Å²) in [5.41, 5.74) is 1.98. The average molecular weight is 404 g/mol. The fraction of sp³-hybridized carbons (Fsp3) is 0.222. The monoisotopic (exact) mass is 404 g/mol. The van der Waals surface area contributed by atoms with Crippen molar-refractivity contribution in [1.82, 2.24) is 9.29 Å². The third kappa shape index (κ3) is 3.78. The topological polar surface area (TPSA) is 86.1 Å². The largest absolute Gasteiger partial charge is 0.382 e. The molecule has 0 bridgehead atoms. The van der Waals surface area contributed by atoms with Crippen LogP contribution in [0.2, 0.25) is 0 Å². The first-order valence-electron chi connectivity index (χ1n) is 8.07. The van der Waals surface area contributed by atoms with E-state index in [0.29, 0.717) is 22.2 Å². The number of sulfonamides is 1. The molecule has 3 rings (SSSR count). The molecule has 0 fully saturated rings. The molecule has 2 heterocycles. The molecule has 1 N–H and O–H groups in total. The highest BCUT2D eigenvalue weighted by atomic mass is 32.2. The third-order valence-electron chi connectivity index (χ3n) is 4.14. The molecular formula is C18H17FN4O2S2. The van der Waals surface area contributed by atoms with Crippen LogP contribution >= 0.6 is 11.3 Å². The van der Waals surface area contributed by atoms with E-state index in [1.165, 1.54) is 29.7 Å². The van der Waals surface area contributed by atoms with Crippen molar-refractivity contribution in [3.63, 3.8) is 0 Å². The first-order valence-corrected chi connectivity index (χ1v) is 10.4. The molecule has 0 aliphatic heterocycles. The van der Waals surface area contributed by atoms with Crippen molar-refractivity contribution in [2.45, 2.75) is 11.1 Å². The number of pyridine rings is 1. The summed E-state index contributed by atoms with van der Waals surface area (Å²) in [6.45, 7) is 2.18. The zero-order valence-corrected chi connectivity index (χ0v) is 16.4. The number of benzene rings is 1. The van der Waals surface area contributed by atoms with Gasteiger partial charge in [-0.2, -0.15) is 9.57 Å². The Hall–Kier alpha value is -2.54. The Balaban J connectivity index is 1.84. The fourth-order valence-corrected chi connectivity index (χ4v) is 5.11. The maximum absolute atomic E-state index is 13.9. The molecule has 0 spiro atoms. The van der Waals surface area contributed by atoms with Crippen LogP contribution in [0.3, 0.4) is 0 Å². The molecular weight excluding hydrogens is 387 g/mol. The van der Waals surface area contributed by atoms with Crippen LogP contribution < -0.4 is 5.32 Å². The Bertz CT molecular complexity index is 1120. The van der Waals surface area contributed by atoms with Gasteiger partial charge in [0.05, 0.1) is 16.8 Å². The number of nitrogens with zero attached hydrogens (tertiary/aromatic N) is 3. The summed E-state index contributed by atoms with van der Waals surface area (Å²) in [5, 5.41) is 14.6. The van der Waals surface area contributed by atoms with Crippen LogP contribution in [-0.2, 0) is 10.0 Å². The number of halogens is 1. The van der Waals surface area contributed by atoms with Crippen LogP contribution in [0.5, 0.6) is 0 Å². The average Bonchev–Trinajstić information content (AvgIpc) is 3.17. The zero-order chi connectivity index (χ0) is 19.6. The molecule has 27 heavy (non-hydrogen) atoms. The Kier molecular flexibility index (Phi) is 5.41. The summed E-state index contributed by atoms with van der Waals surface area (Å²) in [6, 6.07) is 7.98. The molecule has 0 amide bonds. The van der Waals surface area contributed by atoms with Crippen LogP contribution in [0.4, 0.5) is 10.1 Å². The molecule has 3 aromatic rings. The van der Waals surface area contributed by atoms with Crippen molar-refractivity contribution in [3.05, 3.63) is 52.8 Å². The number of likely N-dealkylation sites (N-methyl/N-ethyl adjacent to an activating group) is 1. The fourth-order valence-electron chi connectivity index (χ4n) is 2.73. The van der Waals surface area contributed by atoms with Gasteiger partial charge in [0.15, 0.2) is 0 Å². The Morgan fingerprint density at radius 1 is 1.41 bits per heavy atom. The number of aromatic nitrogens is 1. The van der Waals surface area contributed by atoms with Gasteiger partial charge < -0.3 is 5.32 Å². The van der Waals surface area contributed by atoms with Gasteiger partial charge in [0.2, 0.25) is 0 Å². The van der Waals surface area contributed by atoms with Crippen LogP contribution in [0, 0.1) is 24.1 Å². The summed E-state index contributed by atoms with van der Waals surface area (Å²) >= 11 is 1.16. The van der Waals surface area contributed by atoms with E-state index in [1.807, 2.05) is 6.07 Å². The highest BCUT2D eigenvalue weighted by Crippen LogP contribution is 2.28. The van der Waals surface area contributed by atoms with Crippen LogP contribution in [-0.4, -0.2) is 37.8 Å². The molecule has 6 nitrogen and oxygen atoms in total. The third-order valence-corrected chi connectivity index (χ3v) is 7.37. The minimum absolute atomic E-state index is 0.184. The van der Waals surface area contributed by atoms with Crippen molar-refractivity contribution in [2.24, 2.45) is 0 Å². The number of nitrogens with one attached hydrogen (secondary N) is 1. The summed E-state index contributed by atoms with van der Waals surface area (Å²) in [5.74, 6) is -0.419. The summed E-state index contributed by atoms with van der Waals surface area (Å²) in [4.78, 5) is 4.24. The first kappa shape index (κ1) is 19.2. The number of rotatable bonds is 6. The van der Waals surface area contributed by atoms with E-state index in [0.717, 1.165) is 11.3 Å². The van der Waals surface area contributed by atoms with Crippen LogP contribution in [0.1, 0.15) is 11.1 Å². The molecule has 1 aromatic carbocycles. The molecule has 0 aliphatic carbocycles. The lowest BCUT2D eigenvalue weighted by Crippen LogP contribution is -2.31. The number of nitriles is 1. The van der Waals surface area contributed by atoms with Gasteiger partial charge >= 0.3 is 0 Å². The molecule has 0 saturated carbocycles. The lowest BCUT2D eigenvalue weighted by Gasteiger charge is -2.18. The van der Waals surface area contributed by atoms with Gasteiger partial charge in [0, 0.05) is 31.7 Å². The zero-order valence-electron chi connectivity index (χ0n) is 14.7. The second-order valence-electron chi connectivity index (χ2n) is 5.96. The lowest BCUT2D eigenvalue weighted by molar-refractivity contribution is 0.482. The Labute approximate surface area is 160 Å². The van der Waals surface area contributed by atoms with E-state index in [4.69, 9.17) is 0 Å². The van der Waals surface area contributed by atoms with E-state index >= 15 is 0 Å². The number of aryl methyl sites for hydroxylation is 1. The quantitative estimate of drug-likeness (QED) is 0.681. The minimum Gasteiger partial charge on any atom is -0.382 e. The smallest absolute Gasteiger partial charge is 0.252 e. The summed E-state index contributed by atoms with van der Waals surface area (Å²) in [7, 11) is -2.05. The second kappa shape index (κ2) is 7.60. The number of thiophene rings is 1. The van der Waals surface area contributed by atoms with Gasteiger partial charge in [0.25, 0.3) is 10.0 Å². The second-order valence-corrected chi connectivity index (χ2v) is 9.18. The predicted octanol–water partition coefficient (Wildman–Crippen LogP) is 3.35. The molecule has 0 radical (unpaired) electrons. The van der Waals surface area contributed by atoms with Crippen molar-refractivity contribution >= 4 is 38.0 Å². The van der Waals surface area contributed by atoms with E-state index < -0.39 is 15.8 Å². The number of hydrogen-bond acceptors (Lipinski definition) is 6. The molecule has 0 atom stereocenters. The van der Waals surface area contributed by atoms with E-state index in [9.17, 15) is 18.1 Å². The molecule has 0 saturated heterocycles. The highest BCUT2D eigenvalue weighted by molar-refractivity contribution is 7.91. The van der Waals surface area contributed by atoms with Gasteiger partial charge in [-0.15, -0.1) is 11.3 Å². The van der Waals surface area contributed by atoms with Crippen molar-refractivity contribution < 1.29 is 12.8 Å². The van der Waals surface area contributed by atoms with Crippen molar-refractivity contribution in [3.8, 4) is 6.07 Å². The van der Waals surface area contributed by atoms with E-state index in [-0.39, 0.29) is 22.9 Å². The van der Waals surface area contributed by atoms with Gasteiger partial charge in [0.1, 0.15) is 16.1 Å². The first-order chi connectivity index (χ1) is 12.8. The van der Waals surface area contributed by atoms with Crippen LogP contribution in [0.15, 0.2) is 40.1 Å². The normalized spacial score (nSPS) is 11.7. The molecule has 140 valence electrons. The molecule has 9 heteroatoms.